The predicted molar refractivity (Wildman–Crippen MR) is 81.8 cm³/mol. The Hall–Kier alpha value is -1.64. The van der Waals surface area contributed by atoms with Gasteiger partial charge in [0, 0.05) is 29.2 Å². The van der Waals surface area contributed by atoms with E-state index in [1.807, 2.05) is 13.0 Å². The van der Waals surface area contributed by atoms with Crippen LogP contribution in [0.2, 0.25) is 0 Å². The zero-order chi connectivity index (χ0) is 14.1. The van der Waals surface area contributed by atoms with Crippen LogP contribution in [0, 0.1) is 12.7 Å². The quantitative estimate of drug-likeness (QED) is 0.870. The van der Waals surface area contributed by atoms with E-state index < -0.39 is 0 Å². The number of halogens is 1. The molecule has 1 saturated carbocycles. The maximum Gasteiger partial charge on any atom is 0.149 e. The van der Waals surface area contributed by atoms with Gasteiger partial charge in [-0.25, -0.2) is 9.37 Å². The molecular weight excluding hydrogens is 251 g/mol. The van der Waals surface area contributed by atoms with Crippen LogP contribution in [0.4, 0.5) is 10.1 Å². The van der Waals surface area contributed by atoms with Crippen LogP contribution in [0.25, 0.3) is 10.9 Å². The minimum Gasteiger partial charge on any atom is -0.385 e. The summed E-state index contributed by atoms with van der Waals surface area (Å²) in [5, 5.41) is 4.30. The van der Waals surface area contributed by atoms with Crippen LogP contribution in [0.1, 0.15) is 49.8 Å². The molecule has 106 valence electrons. The number of aromatic nitrogens is 1. The third-order valence-electron chi connectivity index (χ3n) is 4.28. The Balaban J connectivity index is 2.21. The summed E-state index contributed by atoms with van der Waals surface area (Å²) >= 11 is 0. The standard InChI is InChI=1S/C17H21FN2/c1-3-19-15-10-14(12-6-4-5-7-12)20-17-13(18)9-8-11(2)16(15)17/h8-10,12H,3-7H2,1-2H3,(H,19,20). The fraction of sp³-hybridized carbons (Fsp3) is 0.471. The van der Waals surface area contributed by atoms with Gasteiger partial charge in [0.15, 0.2) is 0 Å². The largest absolute Gasteiger partial charge is 0.385 e. The average Bonchev–Trinajstić information content (AvgIpc) is 2.97. The average molecular weight is 272 g/mol. The maximum absolute atomic E-state index is 14.2. The monoisotopic (exact) mass is 272 g/mol. The van der Waals surface area contributed by atoms with Gasteiger partial charge in [0.1, 0.15) is 11.3 Å². The van der Waals surface area contributed by atoms with E-state index in [4.69, 9.17) is 0 Å². The Bertz CT molecular complexity index is 630. The maximum atomic E-state index is 14.2. The second kappa shape index (κ2) is 5.39. The fourth-order valence-electron chi connectivity index (χ4n) is 3.26. The summed E-state index contributed by atoms with van der Waals surface area (Å²) in [7, 11) is 0. The van der Waals surface area contributed by atoms with Crippen LogP contribution in [-0.2, 0) is 0 Å². The van der Waals surface area contributed by atoms with Crippen molar-refractivity contribution in [1.82, 2.24) is 4.98 Å². The number of fused-ring (bicyclic) bond motifs is 1. The lowest BCUT2D eigenvalue weighted by molar-refractivity contribution is 0.633. The number of nitrogens with zero attached hydrogens (tertiary/aromatic N) is 1. The molecule has 1 fully saturated rings. The van der Waals surface area contributed by atoms with Gasteiger partial charge in [-0.2, -0.15) is 0 Å². The summed E-state index contributed by atoms with van der Waals surface area (Å²) in [4.78, 5) is 4.65. The van der Waals surface area contributed by atoms with Gasteiger partial charge in [-0.05, 0) is 44.4 Å². The first-order valence-electron chi connectivity index (χ1n) is 7.54. The molecule has 0 radical (unpaired) electrons. The molecule has 0 unspecified atom stereocenters. The van der Waals surface area contributed by atoms with Crippen molar-refractivity contribution >= 4 is 16.6 Å². The molecule has 1 aliphatic carbocycles. The lowest BCUT2D eigenvalue weighted by Gasteiger charge is -2.16. The lowest BCUT2D eigenvalue weighted by atomic mass is 9.99. The Kier molecular flexibility index (Phi) is 3.60. The van der Waals surface area contributed by atoms with E-state index in [-0.39, 0.29) is 5.82 Å². The van der Waals surface area contributed by atoms with E-state index in [0.29, 0.717) is 11.4 Å². The number of hydrogen-bond acceptors (Lipinski definition) is 2. The van der Waals surface area contributed by atoms with E-state index in [1.165, 1.54) is 31.7 Å². The number of pyridine rings is 1. The zero-order valence-electron chi connectivity index (χ0n) is 12.2. The van der Waals surface area contributed by atoms with Crippen LogP contribution in [0.5, 0.6) is 0 Å². The van der Waals surface area contributed by atoms with Gasteiger partial charge < -0.3 is 5.32 Å². The van der Waals surface area contributed by atoms with Crippen molar-refractivity contribution in [1.29, 1.82) is 0 Å². The number of aryl methyl sites for hydroxylation is 1. The molecule has 1 aromatic carbocycles. The van der Waals surface area contributed by atoms with Crippen molar-refractivity contribution in [3.8, 4) is 0 Å². The molecule has 2 nitrogen and oxygen atoms in total. The van der Waals surface area contributed by atoms with Crippen LogP contribution in [-0.4, -0.2) is 11.5 Å². The molecule has 0 bridgehead atoms. The van der Waals surface area contributed by atoms with Crippen LogP contribution >= 0.6 is 0 Å². The van der Waals surface area contributed by atoms with Crippen LogP contribution in [0.15, 0.2) is 18.2 Å². The van der Waals surface area contributed by atoms with Crippen molar-refractivity contribution in [2.24, 2.45) is 0 Å². The lowest BCUT2D eigenvalue weighted by Crippen LogP contribution is -2.04. The van der Waals surface area contributed by atoms with Gasteiger partial charge in [0.05, 0.1) is 0 Å². The summed E-state index contributed by atoms with van der Waals surface area (Å²) in [6, 6.07) is 5.49. The summed E-state index contributed by atoms with van der Waals surface area (Å²) in [6.45, 7) is 4.91. The number of rotatable bonds is 3. The molecule has 0 saturated heterocycles. The van der Waals surface area contributed by atoms with Gasteiger partial charge in [-0.3, -0.25) is 0 Å². The third-order valence-corrected chi connectivity index (χ3v) is 4.28. The highest BCUT2D eigenvalue weighted by atomic mass is 19.1. The van der Waals surface area contributed by atoms with Crippen LogP contribution < -0.4 is 5.32 Å². The van der Waals surface area contributed by atoms with Crippen molar-refractivity contribution in [3.05, 3.63) is 35.3 Å². The normalized spacial score (nSPS) is 15.9. The molecule has 0 amide bonds. The van der Waals surface area contributed by atoms with Gasteiger partial charge in [0.2, 0.25) is 0 Å². The van der Waals surface area contributed by atoms with Crippen molar-refractivity contribution in [3.63, 3.8) is 0 Å². The van der Waals surface area contributed by atoms with Crippen molar-refractivity contribution in [2.45, 2.75) is 45.4 Å². The molecule has 1 aromatic heterocycles. The second-order valence-electron chi connectivity index (χ2n) is 5.69. The number of hydrogen-bond donors (Lipinski definition) is 1. The Labute approximate surface area is 119 Å². The highest BCUT2D eigenvalue weighted by Crippen LogP contribution is 2.37. The molecule has 3 heteroatoms. The summed E-state index contributed by atoms with van der Waals surface area (Å²) in [6.07, 6.45) is 4.88. The SMILES string of the molecule is CCNc1cc(C2CCCC2)nc2c(F)ccc(C)c12. The van der Waals surface area contributed by atoms with Gasteiger partial charge in [-0.1, -0.05) is 18.9 Å². The molecule has 3 rings (SSSR count). The molecule has 1 N–H and O–H groups in total. The predicted octanol–water partition coefficient (Wildman–Crippen LogP) is 4.77. The first kappa shape index (κ1) is 13.3. The van der Waals surface area contributed by atoms with E-state index in [2.05, 4.69) is 23.3 Å². The molecule has 1 aliphatic rings. The molecular formula is C17H21FN2. The molecule has 1 heterocycles. The second-order valence-corrected chi connectivity index (χ2v) is 5.69. The summed E-state index contributed by atoms with van der Waals surface area (Å²) < 4.78 is 14.2. The Morgan fingerprint density at radius 1 is 1.30 bits per heavy atom. The minimum absolute atomic E-state index is 0.218. The summed E-state index contributed by atoms with van der Waals surface area (Å²) in [5.74, 6) is 0.279. The number of anilines is 1. The topological polar surface area (TPSA) is 24.9 Å². The third kappa shape index (κ3) is 2.26. The van der Waals surface area contributed by atoms with Crippen molar-refractivity contribution in [2.75, 3.05) is 11.9 Å². The van der Waals surface area contributed by atoms with Crippen LogP contribution in [0.3, 0.4) is 0 Å². The highest BCUT2D eigenvalue weighted by molar-refractivity contribution is 5.94. The first-order chi connectivity index (χ1) is 9.70. The molecule has 0 atom stereocenters. The van der Waals surface area contributed by atoms with E-state index in [9.17, 15) is 4.39 Å². The highest BCUT2D eigenvalue weighted by Gasteiger charge is 2.21. The van der Waals surface area contributed by atoms with E-state index in [0.717, 1.165) is 28.9 Å². The minimum atomic E-state index is -0.218. The van der Waals surface area contributed by atoms with Gasteiger partial charge in [-0.15, -0.1) is 0 Å². The smallest absolute Gasteiger partial charge is 0.149 e. The van der Waals surface area contributed by atoms with E-state index in [1.54, 1.807) is 0 Å². The van der Waals surface area contributed by atoms with Gasteiger partial charge >= 0.3 is 0 Å². The first-order valence-corrected chi connectivity index (χ1v) is 7.54. The Morgan fingerprint density at radius 3 is 2.75 bits per heavy atom. The fourth-order valence-corrected chi connectivity index (χ4v) is 3.26. The number of nitrogens with one attached hydrogen (secondary N) is 1. The molecule has 20 heavy (non-hydrogen) atoms. The Morgan fingerprint density at radius 2 is 2.05 bits per heavy atom. The van der Waals surface area contributed by atoms with Gasteiger partial charge in [0.25, 0.3) is 0 Å². The summed E-state index contributed by atoms with van der Waals surface area (Å²) in [5.41, 5.74) is 3.67. The van der Waals surface area contributed by atoms with E-state index >= 15 is 0 Å². The molecule has 2 aromatic rings. The number of benzene rings is 1. The molecule has 0 spiro atoms. The molecule has 0 aliphatic heterocycles. The van der Waals surface area contributed by atoms with Crippen molar-refractivity contribution < 1.29 is 4.39 Å². The zero-order valence-corrected chi connectivity index (χ0v) is 12.2.